The van der Waals surface area contributed by atoms with Crippen molar-refractivity contribution in [3.05, 3.63) is 29.6 Å². The lowest BCUT2D eigenvalue weighted by molar-refractivity contribution is 0.0520. The van der Waals surface area contributed by atoms with E-state index in [1.807, 2.05) is 0 Å². The van der Waals surface area contributed by atoms with E-state index in [0.29, 0.717) is 0 Å². The molecule has 1 rings (SSSR count). The molecule has 6 heteroatoms. The number of halogens is 1. The van der Waals surface area contributed by atoms with Crippen LogP contribution in [-0.4, -0.2) is 31.1 Å². The van der Waals surface area contributed by atoms with Gasteiger partial charge < -0.3 is 14.8 Å². The lowest BCUT2D eigenvalue weighted by atomic mass is 10.1. The van der Waals surface area contributed by atoms with E-state index in [-0.39, 0.29) is 17.9 Å². The highest BCUT2D eigenvalue weighted by Crippen LogP contribution is 2.17. The Hall–Kier alpha value is -2.11. The van der Waals surface area contributed by atoms with E-state index in [2.05, 4.69) is 5.32 Å². The van der Waals surface area contributed by atoms with E-state index in [1.54, 1.807) is 20.8 Å². The highest BCUT2D eigenvalue weighted by atomic mass is 19.1. The van der Waals surface area contributed by atoms with Crippen LogP contribution in [-0.2, 0) is 4.74 Å². The van der Waals surface area contributed by atoms with Crippen molar-refractivity contribution in [3.63, 3.8) is 0 Å². The zero-order valence-corrected chi connectivity index (χ0v) is 12.0. The lowest BCUT2D eigenvalue weighted by Crippen LogP contribution is -2.35. The number of nitrogens with one attached hydrogen (secondary N) is 1. The van der Waals surface area contributed by atoms with Gasteiger partial charge in [0, 0.05) is 5.56 Å². The van der Waals surface area contributed by atoms with Crippen molar-refractivity contribution in [1.82, 2.24) is 5.32 Å². The van der Waals surface area contributed by atoms with Crippen LogP contribution in [0.15, 0.2) is 18.2 Å². The smallest absolute Gasteiger partial charge is 0.408 e. The number of carbonyl (C=O) groups is 2. The summed E-state index contributed by atoms with van der Waals surface area (Å²) in [5, 5.41) is 2.32. The van der Waals surface area contributed by atoms with Crippen LogP contribution in [0.4, 0.5) is 9.18 Å². The largest absolute Gasteiger partial charge is 0.494 e. The van der Waals surface area contributed by atoms with Crippen molar-refractivity contribution in [3.8, 4) is 5.75 Å². The SMILES string of the molecule is COc1ccc(C(=O)CNC(=O)OC(C)(C)C)cc1F. The van der Waals surface area contributed by atoms with E-state index in [9.17, 15) is 14.0 Å². The Balaban J connectivity index is 2.59. The van der Waals surface area contributed by atoms with Gasteiger partial charge in [-0.05, 0) is 39.0 Å². The number of alkyl carbamates (subject to hydrolysis) is 1. The van der Waals surface area contributed by atoms with Crippen LogP contribution in [0.25, 0.3) is 0 Å². The van der Waals surface area contributed by atoms with E-state index in [4.69, 9.17) is 9.47 Å². The van der Waals surface area contributed by atoms with Crippen molar-refractivity contribution in [2.24, 2.45) is 0 Å². The quantitative estimate of drug-likeness (QED) is 0.862. The molecule has 0 atom stereocenters. The number of ether oxygens (including phenoxy) is 2. The van der Waals surface area contributed by atoms with Gasteiger partial charge in [0.05, 0.1) is 13.7 Å². The molecule has 1 aromatic carbocycles. The molecule has 1 amide bonds. The van der Waals surface area contributed by atoms with Crippen LogP contribution in [0.3, 0.4) is 0 Å². The summed E-state index contributed by atoms with van der Waals surface area (Å²) in [7, 11) is 1.34. The van der Waals surface area contributed by atoms with E-state index >= 15 is 0 Å². The maximum atomic E-state index is 13.4. The van der Waals surface area contributed by atoms with Crippen molar-refractivity contribution >= 4 is 11.9 Å². The molecular formula is C14H18FNO4. The van der Waals surface area contributed by atoms with Crippen LogP contribution in [0.1, 0.15) is 31.1 Å². The fourth-order valence-corrected chi connectivity index (χ4v) is 1.41. The third-order valence-corrected chi connectivity index (χ3v) is 2.27. The second-order valence-corrected chi connectivity index (χ2v) is 5.13. The number of carbonyl (C=O) groups excluding carboxylic acids is 2. The molecular weight excluding hydrogens is 265 g/mol. The Morgan fingerprint density at radius 1 is 1.30 bits per heavy atom. The van der Waals surface area contributed by atoms with Crippen LogP contribution in [0.2, 0.25) is 0 Å². The highest BCUT2D eigenvalue weighted by molar-refractivity contribution is 5.99. The van der Waals surface area contributed by atoms with Crippen molar-refractivity contribution in [2.75, 3.05) is 13.7 Å². The maximum Gasteiger partial charge on any atom is 0.408 e. The van der Waals surface area contributed by atoms with Gasteiger partial charge in [0.1, 0.15) is 5.60 Å². The molecule has 0 radical (unpaired) electrons. The highest BCUT2D eigenvalue weighted by Gasteiger charge is 2.17. The van der Waals surface area contributed by atoms with Crippen LogP contribution in [0, 0.1) is 5.82 Å². The molecule has 0 aliphatic carbocycles. The molecule has 0 saturated carbocycles. The van der Waals surface area contributed by atoms with Crippen molar-refractivity contribution < 1.29 is 23.5 Å². The number of Topliss-reactive ketones (excluding diaryl/α,β-unsaturated/α-hetero) is 1. The summed E-state index contributed by atoms with van der Waals surface area (Å²) in [4.78, 5) is 23.2. The Labute approximate surface area is 117 Å². The van der Waals surface area contributed by atoms with Gasteiger partial charge in [0.15, 0.2) is 17.3 Å². The zero-order valence-electron chi connectivity index (χ0n) is 12.0. The van der Waals surface area contributed by atoms with Crippen LogP contribution < -0.4 is 10.1 Å². The monoisotopic (exact) mass is 283 g/mol. The molecule has 0 saturated heterocycles. The number of hydrogen-bond donors (Lipinski definition) is 1. The molecule has 0 unspecified atom stereocenters. The van der Waals surface area contributed by atoms with Crippen molar-refractivity contribution in [1.29, 1.82) is 0 Å². The fourth-order valence-electron chi connectivity index (χ4n) is 1.41. The molecule has 1 N–H and O–H groups in total. The number of ketones is 1. The molecule has 110 valence electrons. The lowest BCUT2D eigenvalue weighted by Gasteiger charge is -2.19. The Kier molecular flexibility index (Phi) is 5.07. The summed E-state index contributed by atoms with van der Waals surface area (Å²) in [6, 6.07) is 3.86. The Morgan fingerprint density at radius 2 is 1.95 bits per heavy atom. The molecule has 5 nitrogen and oxygen atoms in total. The van der Waals surface area contributed by atoms with Gasteiger partial charge in [-0.15, -0.1) is 0 Å². The second kappa shape index (κ2) is 6.36. The standard InChI is InChI=1S/C14H18FNO4/c1-14(2,3)20-13(18)16-8-11(17)9-5-6-12(19-4)10(15)7-9/h5-7H,8H2,1-4H3,(H,16,18). The van der Waals surface area contributed by atoms with Crippen LogP contribution in [0.5, 0.6) is 5.75 Å². The molecule has 0 spiro atoms. The summed E-state index contributed by atoms with van der Waals surface area (Å²) in [6.07, 6.45) is -0.695. The second-order valence-electron chi connectivity index (χ2n) is 5.13. The average molecular weight is 283 g/mol. The molecule has 1 aromatic rings. The minimum absolute atomic E-state index is 0.0571. The first-order valence-electron chi connectivity index (χ1n) is 6.06. The van der Waals surface area contributed by atoms with Crippen molar-refractivity contribution in [2.45, 2.75) is 26.4 Å². The van der Waals surface area contributed by atoms with Gasteiger partial charge in [-0.1, -0.05) is 0 Å². The van der Waals surface area contributed by atoms with E-state index in [0.717, 1.165) is 6.07 Å². The van der Waals surface area contributed by atoms with E-state index < -0.39 is 23.3 Å². The van der Waals surface area contributed by atoms with Gasteiger partial charge in [-0.2, -0.15) is 0 Å². The first-order chi connectivity index (χ1) is 9.23. The molecule has 0 fully saturated rings. The summed E-state index contributed by atoms with van der Waals surface area (Å²) in [5.74, 6) is -0.991. The minimum atomic E-state index is -0.695. The summed E-state index contributed by atoms with van der Waals surface area (Å²) < 4.78 is 23.2. The number of hydrogen-bond acceptors (Lipinski definition) is 4. The van der Waals surface area contributed by atoms with Gasteiger partial charge in [0.2, 0.25) is 0 Å². The van der Waals surface area contributed by atoms with Gasteiger partial charge in [-0.3, -0.25) is 4.79 Å². The van der Waals surface area contributed by atoms with Gasteiger partial charge in [0.25, 0.3) is 0 Å². The first-order valence-corrected chi connectivity index (χ1v) is 6.06. The average Bonchev–Trinajstić information content (AvgIpc) is 2.33. The Morgan fingerprint density at radius 3 is 2.45 bits per heavy atom. The predicted molar refractivity (Wildman–Crippen MR) is 71.5 cm³/mol. The summed E-state index contributed by atoms with van der Waals surface area (Å²) in [5.41, 5.74) is -0.487. The molecule has 0 aromatic heterocycles. The fraction of sp³-hybridized carbons (Fsp3) is 0.429. The molecule has 0 heterocycles. The number of amides is 1. The van der Waals surface area contributed by atoms with Gasteiger partial charge >= 0.3 is 6.09 Å². The van der Waals surface area contributed by atoms with E-state index in [1.165, 1.54) is 19.2 Å². The molecule has 0 bridgehead atoms. The Bertz CT molecular complexity index is 508. The predicted octanol–water partition coefficient (Wildman–Crippen LogP) is 2.54. The number of benzene rings is 1. The normalized spacial score (nSPS) is 10.8. The molecule has 0 aliphatic rings. The molecule has 0 aliphatic heterocycles. The molecule has 20 heavy (non-hydrogen) atoms. The third-order valence-electron chi connectivity index (χ3n) is 2.27. The maximum absolute atomic E-state index is 13.4. The summed E-state index contributed by atoms with van der Waals surface area (Å²) >= 11 is 0. The number of rotatable bonds is 4. The third kappa shape index (κ3) is 4.87. The number of methoxy groups -OCH3 is 1. The first kappa shape index (κ1) is 15.9. The van der Waals surface area contributed by atoms with Gasteiger partial charge in [-0.25, -0.2) is 9.18 Å². The topological polar surface area (TPSA) is 64.6 Å². The minimum Gasteiger partial charge on any atom is -0.494 e. The summed E-state index contributed by atoms with van der Waals surface area (Å²) in [6.45, 7) is 4.88. The zero-order chi connectivity index (χ0) is 15.3. The van der Waals surface area contributed by atoms with Crippen LogP contribution >= 0.6 is 0 Å².